The molecule has 52 heavy (non-hydrogen) atoms. The average molecular weight is 696 g/mol. The monoisotopic (exact) mass is 695 g/mol. The zero-order chi connectivity index (χ0) is 35.5. The van der Waals surface area contributed by atoms with Crippen LogP contribution in [0.25, 0.3) is 0 Å². The minimum absolute atomic E-state index is 0.101. The van der Waals surface area contributed by atoms with Crippen LogP contribution in [0.1, 0.15) is 74.1 Å². The minimum Gasteiger partial charge on any atom is -0.508 e. The minimum atomic E-state index is -0.962. The maximum atomic E-state index is 13.3. The van der Waals surface area contributed by atoms with Crippen molar-refractivity contribution < 1.29 is 24.3 Å². The van der Waals surface area contributed by atoms with Crippen LogP contribution in [0.5, 0.6) is 5.75 Å². The van der Waals surface area contributed by atoms with E-state index in [1.54, 1.807) is 12.1 Å². The third-order valence-corrected chi connectivity index (χ3v) is 11.9. The van der Waals surface area contributed by atoms with Crippen molar-refractivity contribution in [2.24, 2.45) is 0 Å². The Labute approximate surface area is 302 Å². The van der Waals surface area contributed by atoms with Crippen molar-refractivity contribution in [2.75, 3.05) is 49.1 Å². The number of phenolic OH excluding ortho intramolecular Hbond substituents is 1. The second kappa shape index (κ2) is 12.9. The first-order chi connectivity index (χ1) is 25.3. The number of anilines is 2. The standard InChI is InChI=1S/C42H41N5O5/c48-32-12-15-34-28(22-32)8-13-33(26-4-2-1-3-5-26)39(34)27-6-9-29(10-7-27)44-18-20-45(21-19-44)31-24-46(25-31)30-11-14-35-36(23-30)42(52)47(41(35)51)37-16-17-38(49)43-40(37)50/h1-7,9-12,14-15,22-23,31,33,37,39,48H,8,13,16-21,24-25H2,(H,43,49,50)/t33-,37?,39+/m1/s1. The van der Waals surface area contributed by atoms with Crippen LogP contribution in [0, 0.1) is 0 Å². The fraction of sp³-hybridized carbons (Fsp3) is 0.333. The van der Waals surface area contributed by atoms with Gasteiger partial charge in [-0.3, -0.25) is 34.3 Å². The first-order valence-corrected chi connectivity index (χ1v) is 18.4. The molecular formula is C42H41N5O5. The van der Waals surface area contributed by atoms with E-state index in [1.807, 2.05) is 18.2 Å². The van der Waals surface area contributed by atoms with Crippen LogP contribution in [0.3, 0.4) is 0 Å². The maximum Gasteiger partial charge on any atom is 0.262 e. The molecule has 0 radical (unpaired) electrons. The molecule has 2 N–H and O–H groups in total. The third kappa shape index (κ3) is 5.62. The summed E-state index contributed by atoms with van der Waals surface area (Å²) in [4.78, 5) is 58.7. The Balaban J connectivity index is 0.826. The molecule has 4 amide bonds. The predicted molar refractivity (Wildman–Crippen MR) is 197 cm³/mol. The SMILES string of the molecule is O=C1CCC(N2C(=O)c3ccc(N4CC(N5CCN(c6ccc([C@@H]7c8ccc(O)cc8CC[C@@H]7c7ccccc7)cc6)CC5)C4)cc3C2=O)C(=O)N1. The van der Waals surface area contributed by atoms with Gasteiger partial charge < -0.3 is 14.9 Å². The van der Waals surface area contributed by atoms with Crippen molar-refractivity contribution in [3.8, 4) is 5.75 Å². The quantitative estimate of drug-likeness (QED) is 0.280. The highest BCUT2D eigenvalue weighted by molar-refractivity contribution is 6.23. The molecule has 5 aliphatic rings. The summed E-state index contributed by atoms with van der Waals surface area (Å²) in [5.41, 5.74) is 7.96. The Bertz CT molecular complexity index is 2070. The highest BCUT2D eigenvalue weighted by atomic mass is 16.3. The number of phenols is 1. The first-order valence-electron chi connectivity index (χ1n) is 18.4. The van der Waals surface area contributed by atoms with Gasteiger partial charge in [0, 0.05) is 69.0 Å². The van der Waals surface area contributed by atoms with Gasteiger partial charge in [-0.15, -0.1) is 0 Å². The molecule has 1 unspecified atom stereocenters. The molecule has 0 aromatic heterocycles. The summed E-state index contributed by atoms with van der Waals surface area (Å²) in [6.45, 7) is 5.51. The predicted octanol–water partition coefficient (Wildman–Crippen LogP) is 4.67. The Morgan fingerprint density at radius 3 is 2.13 bits per heavy atom. The lowest BCUT2D eigenvalue weighted by atomic mass is 9.69. The summed E-state index contributed by atoms with van der Waals surface area (Å²) in [6, 6.07) is 30.6. The van der Waals surface area contributed by atoms with Crippen LogP contribution >= 0.6 is 0 Å². The zero-order valence-corrected chi connectivity index (χ0v) is 28.9. The molecule has 9 rings (SSSR count). The number of carbonyl (C=O) groups is 4. The van der Waals surface area contributed by atoms with Gasteiger partial charge >= 0.3 is 0 Å². The molecule has 10 heteroatoms. The summed E-state index contributed by atoms with van der Waals surface area (Å²) in [6.07, 6.45) is 2.25. The molecule has 4 heterocycles. The Hall–Kier alpha value is -5.48. The zero-order valence-electron chi connectivity index (χ0n) is 28.9. The lowest BCUT2D eigenvalue weighted by molar-refractivity contribution is -0.136. The van der Waals surface area contributed by atoms with E-state index in [4.69, 9.17) is 0 Å². The summed E-state index contributed by atoms with van der Waals surface area (Å²) < 4.78 is 0. The average Bonchev–Trinajstić information content (AvgIpc) is 3.39. The van der Waals surface area contributed by atoms with Crippen molar-refractivity contribution >= 4 is 35.0 Å². The van der Waals surface area contributed by atoms with E-state index in [9.17, 15) is 24.3 Å². The molecule has 4 aromatic rings. The number of fused-ring (bicyclic) bond motifs is 2. The van der Waals surface area contributed by atoms with Crippen molar-refractivity contribution in [1.29, 1.82) is 0 Å². The molecule has 4 aromatic carbocycles. The van der Waals surface area contributed by atoms with Crippen molar-refractivity contribution in [1.82, 2.24) is 15.1 Å². The molecule has 0 saturated carbocycles. The van der Waals surface area contributed by atoms with Gasteiger partial charge in [0.05, 0.1) is 11.1 Å². The lowest BCUT2D eigenvalue weighted by Crippen LogP contribution is -2.63. The summed E-state index contributed by atoms with van der Waals surface area (Å²) in [5.74, 6) is -1.000. The number of aryl methyl sites for hydroxylation is 1. The largest absolute Gasteiger partial charge is 0.508 e. The van der Waals surface area contributed by atoms with E-state index in [0.717, 1.165) is 62.7 Å². The number of rotatable bonds is 6. The summed E-state index contributed by atoms with van der Waals surface area (Å²) in [7, 11) is 0. The van der Waals surface area contributed by atoms with E-state index in [2.05, 4.69) is 80.7 Å². The van der Waals surface area contributed by atoms with Gasteiger partial charge in [0.25, 0.3) is 11.8 Å². The molecule has 0 bridgehead atoms. The fourth-order valence-corrected chi connectivity index (χ4v) is 9.07. The smallest absolute Gasteiger partial charge is 0.262 e. The van der Waals surface area contributed by atoms with Gasteiger partial charge in [-0.05, 0) is 89.9 Å². The fourth-order valence-electron chi connectivity index (χ4n) is 9.07. The molecular weight excluding hydrogens is 654 g/mol. The van der Waals surface area contributed by atoms with Crippen molar-refractivity contribution in [3.63, 3.8) is 0 Å². The molecule has 3 saturated heterocycles. The van der Waals surface area contributed by atoms with Crippen LogP contribution < -0.4 is 15.1 Å². The van der Waals surface area contributed by atoms with E-state index in [0.29, 0.717) is 28.8 Å². The summed E-state index contributed by atoms with van der Waals surface area (Å²) in [5, 5.41) is 12.4. The first kappa shape index (κ1) is 32.4. The Morgan fingerprint density at radius 1 is 0.654 bits per heavy atom. The Kier molecular flexibility index (Phi) is 8.07. The highest BCUT2D eigenvalue weighted by Gasteiger charge is 2.45. The van der Waals surface area contributed by atoms with Gasteiger partial charge in [0.1, 0.15) is 11.8 Å². The number of amides is 4. The van der Waals surface area contributed by atoms with E-state index in [-0.39, 0.29) is 24.7 Å². The number of piperazine rings is 1. The topological polar surface area (TPSA) is 114 Å². The van der Waals surface area contributed by atoms with Crippen LogP contribution in [0.2, 0.25) is 0 Å². The number of benzene rings is 4. The van der Waals surface area contributed by atoms with Gasteiger partial charge in [-0.2, -0.15) is 0 Å². The number of hydrogen-bond acceptors (Lipinski definition) is 8. The number of hydrogen-bond donors (Lipinski definition) is 2. The number of nitrogens with zero attached hydrogens (tertiary/aromatic N) is 4. The number of carbonyl (C=O) groups excluding carboxylic acids is 4. The van der Waals surface area contributed by atoms with E-state index < -0.39 is 23.8 Å². The van der Waals surface area contributed by atoms with Crippen LogP contribution in [-0.4, -0.2) is 89.9 Å². The summed E-state index contributed by atoms with van der Waals surface area (Å²) >= 11 is 0. The van der Waals surface area contributed by atoms with Gasteiger partial charge in [0.15, 0.2) is 0 Å². The number of imide groups is 2. The van der Waals surface area contributed by atoms with Crippen molar-refractivity contribution in [2.45, 2.75) is 49.6 Å². The highest BCUT2D eigenvalue weighted by Crippen LogP contribution is 2.47. The molecule has 4 aliphatic heterocycles. The molecule has 1 aliphatic carbocycles. The number of piperidine rings is 1. The van der Waals surface area contributed by atoms with E-state index in [1.165, 1.54) is 27.9 Å². The molecule has 3 fully saturated rings. The van der Waals surface area contributed by atoms with E-state index >= 15 is 0 Å². The Morgan fingerprint density at radius 2 is 1.38 bits per heavy atom. The van der Waals surface area contributed by atoms with Crippen LogP contribution in [-0.2, 0) is 16.0 Å². The van der Waals surface area contributed by atoms with Crippen LogP contribution in [0.15, 0.2) is 91.0 Å². The van der Waals surface area contributed by atoms with Gasteiger partial charge in [-0.1, -0.05) is 48.5 Å². The number of aromatic hydroxyl groups is 1. The van der Waals surface area contributed by atoms with Gasteiger partial charge in [-0.25, -0.2) is 0 Å². The van der Waals surface area contributed by atoms with Crippen LogP contribution in [0.4, 0.5) is 11.4 Å². The second-order valence-electron chi connectivity index (χ2n) is 14.8. The second-order valence-corrected chi connectivity index (χ2v) is 14.8. The third-order valence-electron chi connectivity index (χ3n) is 11.9. The lowest BCUT2D eigenvalue weighted by Gasteiger charge is -2.49. The molecule has 10 nitrogen and oxygen atoms in total. The molecule has 0 spiro atoms. The molecule has 264 valence electrons. The van der Waals surface area contributed by atoms with Gasteiger partial charge in [0.2, 0.25) is 11.8 Å². The number of nitrogens with one attached hydrogen (secondary N) is 1. The molecule has 3 atom stereocenters. The maximum absolute atomic E-state index is 13.3. The normalized spacial score (nSPS) is 23.7. The van der Waals surface area contributed by atoms with Crippen molar-refractivity contribution in [3.05, 3.63) is 124 Å².